The SMILES string of the molecule is Cc1ccc(C)c(NC(=O)CSc2nc3cc(C)c(C)cc3cc2C#N)c1. The standard InChI is InChI=1S/C22H21N3OS/c1-13-5-6-14(2)19(7-13)24-21(26)12-27-22-18(11-23)10-17-8-15(3)16(4)9-20(17)25-22/h5-10H,12H2,1-4H3,(H,24,26). The first-order valence-corrected chi connectivity index (χ1v) is 9.68. The molecule has 3 aromatic rings. The van der Waals surface area contributed by atoms with Crippen LogP contribution in [0.3, 0.4) is 0 Å². The topological polar surface area (TPSA) is 65.8 Å². The van der Waals surface area contributed by atoms with Gasteiger partial charge < -0.3 is 5.32 Å². The Balaban J connectivity index is 1.79. The van der Waals surface area contributed by atoms with Crippen LogP contribution in [0, 0.1) is 39.0 Å². The minimum absolute atomic E-state index is 0.112. The molecule has 0 aliphatic carbocycles. The van der Waals surface area contributed by atoms with Crippen LogP contribution in [0.4, 0.5) is 5.69 Å². The number of thioether (sulfide) groups is 1. The molecule has 2 aromatic carbocycles. The molecule has 0 atom stereocenters. The van der Waals surface area contributed by atoms with Crippen LogP contribution in [0.25, 0.3) is 10.9 Å². The van der Waals surface area contributed by atoms with Crippen molar-refractivity contribution in [2.75, 3.05) is 11.1 Å². The van der Waals surface area contributed by atoms with Crippen molar-refractivity contribution >= 4 is 34.3 Å². The van der Waals surface area contributed by atoms with E-state index in [0.717, 1.165) is 33.3 Å². The maximum absolute atomic E-state index is 12.4. The Morgan fingerprint density at radius 2 is 1.81 bits per heavy atom. The number of pyridine rings is 1. The van der Waals surface area contributed by atoms with E-state index in [9.17, 15) is 10.1 Å². The predicted octanol–water partition coefficient (Wildman–Crippen LogP) is 5.07. The van der Waals surface area contributed by atoms with E-state index in [4.69, 9.17) is 0 Å². The summed E-state index contributed by atoms with van der Waals surface area (Å²) < 4.78 is 0. The lowest BCUT2D eigenvalue weighted by Crippen LogP contribution is -2.15. The van der Waals surface area contributed by atoms with Crippen LogP contribution in [0.2, 0.25) is 0 Å². The highest BCUT2D eigenvalue weighted by atomic mass is 32.2. The molecule has 1 amide bonds. The Morgan fingerprint density at radius 3 is 2.56 bits per heavy atom. The predicted molar refractivity (Wildman–Crippen MR) is 111 cm³/mol. The van der Waals surface area contributed by atoms with E-state index in [0.29, 0.717) is 10.6 Å². The summed E-state index contributed by atoms with van der Waals surface area (Å²) in [5.74, 6) is 0.0883. The Morgan fingerprint density at radius 1 is 1.07 bits per heavy atom. The lowest BCUT2D eigenvalue weighted by molar-refractivity contribution is -0.113. The summed E-state index contributed by atoms with van der Waals surface area (Å²) in [6.07, 6.45) is 0. The van der Waals surface area contributed by atoms with Gasteiger partial charge in [-0.3, -0.25) is 4.79 Å². The molecule has 0 spiro atoms. The Bertz CT molecular complexity index is 1080. The molecular formula is C22H21N3OS. The normalized spacial score (nSPS) is 10.6. The van der Waals surface area contributed by atoms with Gasteiger partial charge in [-0.2, -0.15) is 5.26 Å². The number of nitrogens with zero attached hydrogens (tertiary/aromatic N) is 2. The van der Waals surface area contributed by atoms with Crippen LogP contribution in [-0.4, -0.2) is 16.6 Å². The van der Waals surface area contributed by atoms with E-state index in [1.54, 1.807) is 0 Å². The van der Waals surface area contributed by atoms with Crippen molar-refractivity contribution in [1.82, 2.24) is 4.98 Å². The average molecular weight is 375 g/mol. The van der Waals surface area contributed by atoms with Gasteiger partial charge in [0, 0.05) is 11.1 Å². The minimum atomic E-state index is -0.112. The van der Waals surface area contributed by atoms with Gasteiger partial charge in [0.05, 0.1) is 16.8 Å². The van der Waals surface area contributed by atoms with E-state index in [1.165, 1.54) is 17.3 Å². The van der Waals surface area contributed by atoms with Gasteiger partial charge in [0.25, 0.3) is 0 Å². The summed E-state index contributed by atoms with van der Waals surface area (Å²) >= 11 is 1.29. The van der Waals surface area contributed by atoms with Gasteiger partial charge in [0.15, 0.2) is 0 Å². The highest BCUT2D eigenvalue weighted by Crippen LogP contribution is 2.27. The van der Waals surface area contributed by atoms with Crippen molar-refractivity contribution in [3.05, 3.63) is 64.2 Å². The molecule has 1 aromatic heterocycles. The number of nitrogens with one attached hydrogen (secondary N) is 1. The Kier molecular flexibility index (Phi) is 5.48. The zero-order valence-electron chi connectivity index (χ0n) is 15.9. The second-order valence-corrected chi connectivity index (χ2v) is 7.70. The zero-order valence-corrected chi connectivity index (χ0v) is 16.7. The van der Waals surface area contributed by atoms with Crippen LogP contribution in [0.1, 0.15) is 27.8 Å². The van der Waals surface area contributed by atoms with Gasteiger partial charge in [0.2, 0.25) is 5.91 Å². The molecule has 0 aliphatic rings. The molecule has 1 N–H and O–H groups in total. The van der Waals surface area contributed by atoms with E-state index in [1.807, 2.05) is 64.1 Å². The molecular weight excluding hydrogens is 354 g/mol. The maximum Gasteiger partial charge on any atom is 0.234 e. The van der Waals surface area contributed by atoms with Crippen molar-refractivity contribution in [2.24, 2.45) is 0 Å². The number of carbonyl (C=O) groups is 1. The van der Waals surface area contributed by atoms with Crippen molar-refractivity contribution in [3.63, 3.8) is 0 Å². The number of anilines is 1. The number of rotatable bonds is 4. The number of aromatic nitrogens is 1. The molecule has 27 heavy (non-hydrogen) atoms. The van der Waals surface area contributed by atoms with Gasteiger partial charge in [0.1, 0.15) is 11.1 Å². The molecule has 3 rings (SSSR count). The Hall–Kier alpha value is -2.84. The number of aryl methyl sites for hydroxylation is 4. The monoisotopic (exact) mass is 375 g/mol. The summed E-state index contributed by atoms with van der Waals surface area (Å²) in [6, 6.07) is 14.1. The summed E-state index contributed by atoms with van der Waals surface area (Å²) in [5.41, 5.74) is 6.59. The third-order valence-electron chi connectivity index (χ3n) is 4.52. The summed E-state index contributed by atoms with van der Waals surface area (Å²) in [6.45, 7) is 8.04. The fourth-order valence-electron chi connectivity index (χ4n) is 2.80. The number of hydrogen-bond acceptors (Lipinski definition) is 4. The number of carbonyl (C=O) groups excluding carboxylic acids is 1. The van der Waals surface area contributed by atoms with Crippen molar-refractivity contribution < 1.29 is 4.79 Å². The van der Waals surface area contributed by atoms with Gasteiger partial charge in [-0.1, -0.05) is 23.9 Å². The summed E-state index contributed by atoms with van der Waals surface area (Å²) in [5, 5.41) is 13.9. The van der Waals surface area contributed by atoms with Gasteiger partial charge in [-0.05, 0) is 74.2 Å². The van der Waals surface area contributed by atoms with E-state index in [-0.39, 0.29) is 11.7 Å². The third kappa shape index (κ3) is 4.29. The third-order valence-corrected chi connectivity index (χ3v) is 5.51. The quantitative estimate of drug-likeness (QED) is 0.647. The fraction of sp³-hybridized carbons (Fsp3) is 0.227. The molecule has 0 radical (unpaired) electrons. The lowest BCUT2D eigenvalue weighted by atomic mass is 10.1. The van der Waals surface area contributed by atoms with Gasteiger partial charge in [-0.25, -0.2) is 4.98 Å². The van der Waals surface area contributed by atoms with Crippen LogP contribution < -0.4 is 5.32 Å². The molecule has 0 aliphatic heterocycles. The van der Waals surface area contributed by atoms with Crippen LogP contribution >= 0.6 is 11.8 Å². The fourth-order valence-corrected chi connectivity index (χ4v) is 3.57. The number of hydrogen-bond donors (Lipinski definition) is 1. The maximum atomic E-state index is 12.4. The first kappa shape index (κ1) is 18.9. The highest BCUT2D eigenvalue weighted by Gasteiger charge is 2.12. The van der Waals surface area contributed by atoms with Crippen molar-refractivity contribution in [1.29, 1.82) is 5.26 Å². The number of nitriles is 1. The molecule has 0 bridgehead atoms. The summed E-state index contributed by atoms with van der Waals surface area (Å²) in [7, 11) is 0. The van der Waals surface area contributed by atoms with Crippen molar-refractivity contribution in [2.45, 2.75) is 32.7 Å². The summed E-state index contributed by atoms with van der Waals surface area (Å²) in [4.78, 5) is 17.0. The molecule has 5 heteroatoms. The molecule has 0 unspecified atom stereocenters. The molecule has 0 saturated carbocycles. The molecule has 4 nitrogen and oxygen atoms in total. The molecule has 0 fully saturated rings. The Labute approximate surface area is 163 Å². The van der Waals surface area contributed by atoms with Crippen LogP contribution in [0.5, 0.6) is 0 Å². The first-order chi connectivity index (χ1) is 12.9. The van der Waals surface area contributed by atoms with E-state index in [2.05, 4.69) is 16.4 Å². The smallest absolute Gasteiger partial charge is 0.234 e. The largest absolute Gasteiger partial charge is 0.325 e. The molecule has 0 saturated heterocycles. The molecule has 1 heterocycles. The van der Waals surface area contributed by atoms with Gasteiger partial charge in [-0.15, -0.1) is 0 Å². The van der Waals surface area contributed by atoms with E-state index >= 15 is 0 Å². The number of fused-ring (bicyclic) bond motifs is 1. The van der Waals surface area contributed by atoms with Crippen molar-refractivity contribution in [3.8, 4) is 6.07 Å². The average Bonchev–Trinajstić information content (AvgIpc) is 2.63. The van der Waals surface area contributed by atoms with Crippen LogP contribution in [0.15, 0.2) is 41.4 Å². The number of amides is 1. The zero-order chi connectivity index (χ0) is 19.6. The van der Waals surface area contributed by atoms with Crippen LogP contribution in [-0.2, 0) is 4.79 Å². The first-order valence-electron chi connectivity index (χ1n) is 8.69. The number of benzene rings is 2. The second kappa shape index (κ2) is 7.81. The van der Waals surface area contributed by atoms with Gasteiger partial charge >= 0.3 is 0 Å². The minimum Gasteiger partial charge on any atom is -0.325 e. The lowest BCUT2D eigenvalue weighted by Gasteiger charge is -2.10. The highest BCUT2D eigenvalue weighted by molar-refractivity contribution is 8.00. The second-order valence-electron chi connectivity index (χ2n) is 6.74. The molecule has 136 valence electrons. The van der Waals surface area contributed by atoms with E-state index < -0.39 is 0 Å².